The Labute approximate surface area is 99.3 Å². The molecule has 1 rings (SSSR count). The maximum atomic E-state index is 5.81. The van der Waals surface area contributed by atoms with Gasteiger partial charge in [0.2, 0.25) is 0 Å². The molecule has 0 aromatic heterocycles. The van der Waals surface area contributed by atoms with E-state index in [1.807, 2.05) is 0 Å². The molecule has 1 aliphatic heterocycles. The zero-order valence-corrected chi connectivity index (χ0v) is 11.1. The van der Waals surface area contributed by atoms with Crippen molar-refractivity contribution in [2.75, 3.05) is 26.7 Å². The van der Waals surface area contributed by atoms with E-state index in [-0.39, 0.29) is 0 Å². The maximum Gasteiger partial charge on any atom is 0.188 e. The molecule has 0 unspecified atom stereocenters. The van der Waals surface area contributed by atoms with Gasteiger partial charge < -0.3 is 16.0 Å². The van der Waals surface area contributed by atoms with Crippen LogP contribution < -0.4 is 11.1 Å². The van der Waals surface area contributed by atoms with E-state index in [0.29, 0.717) is 17.4 Å². The Morgan fingerprint density at radius 1 is 1.44 bits per heavy atom. The minimum Gasteiger partial charge on any atom is -0.370 e. The molecule has 1 fully saturated rings. The van der Waals surface area contributed by atoms with Gasteiger partial charge in [-0.1, -0.05) is 6.92 Å². The molecule has 1 heterocycles. The molecule has 0 aromatic rings. The molecular formula is C12H26N4. The van der Waals surface area contributed by atoms with Crippen molar-refractivity contribution in [2.24, 2.45) is 16.1 Å². The number of rotatable bonds is 3. The second-order valence-electron chi connectivity index (χ2n) is 5.61. The zero-order valence-electron chi connectivity index (χ0n) is 11.1. The van der Waals surface area contributed by atoms with E-state index < -0.39 is 0 Å². The van der Waals surface area contributed by atoms with Gasteiger partial charge in [-0.15, -0.1) is 0 Å². The van der Waals surface area contributed by atoms with E-state index in [1.54, 1.807) is 0 Å². The number of hydrogen-bond donors (Lipinski definition) is 2. The number of guanidine groups is 1. The number of nitrogens with two attached hydrogens (primary N) is 1. The van der Waals surface area contributed by atoms with Crippen molar-refractivity contribution in [3.05, 3.63) is 0 Å². The molecule has 16 heavy (non-hydrogen) atoms. The van der Waals surface area contributed by atoms with Gasteiger partial charge in [-0.2, -0.15) is 0 Å². The first-order valence-corrected chi connectivity index (χ1v) is 6.16. The first-order chi connectivity index (χ1) is 7.41. The summed E-state index contributed by atoms with van der Waals surface area (Å²) >= 11 is 0. The first-order valence-electron chi connectivity index (χ1n) is 6.16. The molecule has 1 saturated heterocycles. The highest BCUT2D eigenvalue weighted by atomic mass is 15.1. The summed E-state index contributed by atoms with van der Waals surface area (Å²) in [5, 5.41) is 3.13. The fraction of sp³-hybridized carbons (Fsp3) is 0.917. The monoisotopic (exact) mass is 226 g/mol. The highest BCUT2D eigenvalue weighted by Gasteiger charge is 2.28. The van der Waals surface area contributed by atoms with Crippen LogP contribution in [-0.4, -0.2) is 43.6 Å². The van der Waals surface area contributed by atoms with Gasteiger partial charge in [0.1, 0.15) is 0 Å². The molecule has 4 nitrogen and oxygen atoms in total. The van der Waals surface area contributed by atoms with Gasteiger partial charge in [0.25, 0.3) is 0 Å². The molecule has 0 amide bonds. The predicted octanol–water partition coefficient (Wildman–Crippen LogP) is 1.03. The summed E-state index contributed by atoms with van der Waals surface area (Å²) in [4.78, 5) is 6.83. The van der Waals surface area contributed by atoms with Crippen molar-refractivity contribution in [3.8, 4) is 0 Å². The van der Waals surface area contributed by atoms with Gasteiger partial charge in [0.15, 0.2) is 5.96 Å². The van der Waals surface area contributed by atoms with Crippen LogP contribution in [0.15, 0.2) is 4.99 Å². The SMILES string of the molecule is CC(C)NC(N)=NCC1(C)CCN(C)CC1. The van der Waals surface area contributed by atoms with E-state index in [9.17, 15) is 0 Å². The molecule has 0 saturated carbocycles. The first kappa shape index (κ1) is 13.3. The van der Waals surface area contributed by atoms with Crippen molar-refractivity contribution in [3.63, 3.8) is 0 Å². The van der Waals surface area contributed by atoms with E-state index in [4.69, 9.17) is 5.73 Å². The van der Waals surface area contributed by atoms with Crippen LogP contribution in [0.25, 0.3) is 0 Å². The van der Waals surface area contributed by atoms with Crippen LogP contribution in [-0.2, 0) is 0 Å². The highest BCUT2D eigenvalue weighted by Crippen LogP contribution is 2.30. The van der Waals surface area contributed by atoms with Crippen molar-refractivity contribution < 1.29 is 0 Å². The summed E-state index contributed by atoms with van der Waals surface area (Å²) in [5.41, 5.74) is 6.14. The summed E-state index contributed by atoms with van der Waals surface area (Å²) in [6.07, 6.45) is 2.42. The van der Waals surface area contributed by atoms with Crippen molar-refractivity contribution >= 4 is 5.96 Å². The third-order valence-electron chi connectivity index (χ3n) is 3.26. The lowest BCUT2D eigenvalue weighted by Gasteiger charge is -2.36. The Bertz CT molecular complexity index is 239. The predicted molar refractivity (Wildman–Crippen MR) is 69.6 cm³/mol. The largest absolute Gasteiger partial charge is 0.370 e. The van der Waals surface area contributed by atoms with E-state index in [0.717, 1.165) is 6.54 Å². The molecule has 0 aliphatic carbocycles. The lowest BCUT2D eigenvalue weighted by molar-refractivity contribution is 0.147. The van der Waals surface area contributed by atoms with Crippen molar-refractivity contribution in [2.45, 2.75) is 39.7 Å². The third-order valence-corrected chi connectivity index (χ3v) is 3.26. The van der Waals surface area contributed by atoms with Crippen LogP contribution in [0.3, 0.4) is 0 Å². The minimum atomic E-state index is 0.329. The Kier molecular flexibility index (Phi) is 4.59. The minimum absolute atomic E-state index is 0.329. The second kappa shape index (κ2) is 5.53. The van der Waals surface area contributed by atoms with Crippen LogP contribution in [0.1, 0.15) is 33.6 Å². The maximum absolute atomic E-state index is 5.81. The van der Waals surface area contributed by atoms with Gasteiger partial charge in [-0.25, -0.2) is 0 Å². The van der Waals surface area contributed by atoms with E-state index in [2.05, 4.69) is 43.0 Å². The quantitative estimate of drug-likeness (QED) is 0.558. The molecule has 0 bridgehead atoms. The number of nitrogens with one attached hydrogen (secondary N) is 1. The molecule has 0 aromatic carbocycles. The van der Waals surface area contributed by atoms with E-state index in [1.165, 1.54) is 25.9 Å². The zero-order chi connectivity index (χ0) is 12.2. The Morgan fingerprint density at radius 2 is 2.00 bits per heavy atom. The average molecular weight is 226 g/mol. The van der Waals surface area contributed by atoms with Gasteiger partial charge in [-0.3, -0.25) is 4.99 Å². The lowest BCUT2D eigenvalue weighted by atomic mass is 9.80. The second-order valence-corrected chi connectivity index (χ2v) is 5.61. The van der Waals surface area contributed by atoms with Gasteiger partial charge in [-0.05, 0) is 52.2 Å². The number of nitrogens with zero attached hydrogens (tertiary/aromatic N) is 2. The summed E-state index contributed by atoms with van der Waals surface area (Å²) in [6.45, 7) is 9.63. The average Bonchev–Trinajstić information content (AvgIpc) is 2.20. The van der Waals surface area contributed by atoms with E-state index >= 15 is 0 Å². The van der Waals surface area contributed by atoms with Crippen molar-refractivity contribution in [1.82, 2.24) is 10.2 Å². The topological polar surface area (TPSA) is 53.6 Å². The van der Waals surface area contributed by atoms with Crippen LogP contribution in [0.5, 0.6) is 0 Å². The summed E-state index contributed by atoms with van der Waals surface area (Å²) in [6, 6.07) is 0.356. The summed E-state index contributed by atoms with van der Waals surface area (Å²) in [5.74, 6) is 0.579. The number of aliphatic imine (C=N–C) groups is 1. The van der Waals surface area contributed by atoms with Gasteiger partial charge in [0.05, 0.1) is 0 Å². The van der Waals surface area contributed by atoms with Crippen LogP contribution in [0, 0.1) is 5.41 Å². The summed E-state index contributed by atoms with van der Waals surface area (Å²) < 4.78 is 0. The van der Waals surface area contributed by atoms with Crippen LogP contribution >= 0.6 is 0 Å². The van der Waals surface area contributed by atoms with Crippen LogP contribution in [0.4, 0.5) is 0 Å². The van der Waals surface area contributed by atoms with Crippen LogP contribution in [0.2, 0.25) is 0 Å². The Morgan fingerprint density at radius 3 is 2.50 bits per heavy atom. The molecule has 0 atom stereocenters. The number of likely N-dealkylation sites (tertiary alicyclic amines) is 1. The molecule has 0 radical (unpaired) electrons. The normalized spacial score (nSPS) is 22.4. The fourth-order valence-corrected chi connectivity index (χ4v) is 1.93. The lowest BCUT2D eigenvalue weighted by Crippen LogP contribution is -2.40. The Hall–Kier alpha value is -0.770. The standard InChI is InChI=1S/C12H26N4/c1-10(2)15-11(13)14-9-12(3)5-7-16(4)8-6-12/h10H,5-9H2,1-4H3,(H3,13,14,15). The van der Waals surface area contributed by atoms with Crippen molar-refractivity contribution in [1.29, 1.82) is 0 Å². The number of piperidine rings is 1. The molecule has 0 spiro atoms. The fourth-order valence-electron chi connectivity index (χ4n) is 1.93. The van der Waals surface area contributed by atoms with Gasteiger partial charge >= 0.3 is 0 Å². The molecule has 94 valence electrons. The smallest absolute Gasteiger partial charge is 0.188 e. The molecule has 3 N–H and O–H groups in total. The summed E-state index contributed by atoms with van der Waals surface area (Å²) in [7, 11) is 2.18. The molecule has 1 aliphatic rings. The van der Waals surface area contributed by atoms with Gasteiger partial charge in [0, 0.05) is 12.6 Å². The third kappa shape index (κ3) is 4.39. The highest BCUT2D eigenvalue weighted by molar-refractivity contribution is 5.78. The molecule has 4 heteroatoms. The Balaban J connectivity index is 2.41. The number of hydrogen-bond acceptors (Lipinski definition) is 2. The molecular weight excluding hydrogens is 200 g/mol.